The molecule has 0 aromatic carbocycles. The van der Waals surface area contributed by atoms with Gasteiger partial charge in [0.15, 0.2) is 0 Å². The Morgan fingerprint density at radius 2 is 1.62 bits per heavy atom. The van der Waals surface area contributed by atoms with Crippen LogP contribution < -0.4 is 0 Å². The molecule has 0 bridgehead atoms. The lowest BCUT2D eigenvalue weighted by molar-refractivity contribution is -0.143. The van der Waals surface area contributed by atoms with Gasteiger partial charge < -0.3 is 4.74 Å². The highest BCUT2D eigenvalue weighted by Crippen LogP contribution is 2.08. The second-order valence-corrected chi connectivity index (χ2v) is 4.51. The van der Waals surface area contributed by atoms with Crippen LogP contribution in [0.1, 0.15) is 64.7 Å². The Morgan fingerprint density at radius 1 is 1.00 bits per heavy atom. The van der Waals surface area contributed by atoms with Crippen molar-refractivity contribution in [1.82, 2.24) is 0 Å². The van der Waals surface area contributed by atoms with E-state index in [-0.39, 0.29) is 5.97 Å². The summed E-state index contributed by atoms with van der Waals surface area (Å²) in [4.78, 5) is 11.2. The van der Waals surface area contributed by atoms with E-state index in [9.17, 15) is 4.79 Å². The Morgan fingerprint density at radius 3 is 2.25 bits per heavy atom. The van der Waals surface area contributed by atoms with Gasteiger partial charge in [-0.25, -0.2) is 0 Å². The first-order valence-electron chi connectivity index (χ1n) is 6.52. The summed E-state index contributed by atoms with van der Waals surface area (Å²) >= 11 is 5.48. The maximum Gasteiger partial charge on any atom is 0.305 e. The van der Waals surface area contributed by atoms with Crippen LogP contribution in [0, 0.1) is 0 Å². The highest BCUT2D eigenvalue weighted by Gasteiger charge is 2.01. The van der Waals surface area contributed by atoms with E-state index >= 15 is 0 Å². The normalized spacial score (nSPS) is 10.4. The van der Waals surface area contributed by atoms with Crippen molar-refractivity contribution < 1.29 is 9.53 Å². The molecule has 0 aliphatic heterocycles. The van der Waals surface area contributed by atoms with Crippen LogP contribution in [0.3, 0.4) is 0 Å². The van der Waals surface area contributed by atoms with E-state index in [1.165, 1.54) is 32.1 Å². The third-order valence-electron chi connectivity index (χ3n) is 2.53. The molecular formula is C13H25ClO2. The monoisotopic (exact) mass is 248 g/mol. The fraction of sp³-hybridized carbons (Fsp3) is 0.923. The van der Waals surface area contributed by atoms with Gasteiger partial charge in [-0.15, -0.1) is 11.6 Å². The summed E-state index contributed by atoms with van der Waals surface area (Å²) in [5.41, 5.74) is 0. The minimum Gasteiger partial charge on any atom is -0.466 e. The quantitative estimate of drug-likeness (QED) is 0.310. The third-order valence-corrected chi connectivity index (χ3v) is 2.79. The molecule has 0 heterocycles. The molecule has 0 aromatic heterocycles. The molecule has 0 radical (unpaired) electrons. The second kappa shape index (κ2) is 12.8. The van der Waals surface area contributed by atoms with E-state index in [0.717, 1.165) is 19.3 Å². The number of esters is 1. The maximum absolute atomic E-state index is 11.2. The fourth-order valence-electron chi connectivity index (χ4n) is 1.54. The predicted octanol–water partition coefficient (Wildman–Crippen LogP) is 4.30. The smallest absolute Gasteiger partial charge is 0.305 e. The molecule has 16 heavy (non-hydrogen) atoms. The number of hydrogen-bond donors (Lipinski definition) is 0. The Kier molecular flexibility index (Phi) is 12.6. The lowest BCUT2D eigenvalue weighted by Gasteiger charge is -2.03. The molecule has 0 aliphatic rings. The van der Waals surface area contributed by atoms with Crippen molar-refractivity contribution in [3.63, 3.8) is 0 Å². The molecular weight excluding hydrogens is 224 g/mol. The highest BCUT2D eigenvalue weighted by atomic mass is 35.5. The van der Waals surface area contributed by atoms with Crippen molar-refractivity contribution in [3.8, 4) is 0 Å². The van der Waals surface area contributed by atoms with Gasteiger partial charge in [0, 0.05) is 12.3 Å². The van der Waals surface area contributed by atoms with Crippen molar-refractivity contribution in [2.75, 3.05) is 12.5 Å². The van der Waals surface area contributed by atoms with Crippen LogP contribution >= 0.6 is 11.6 Å². The standard InChI is InChI=1S/C13H25ClO2/c1-2-3-4-5-6-7-8-10-13(15)16-12-9-11-14/h2-12H2,1H3. The first-order chi connectivity index (χ1) is 7.81. The average molecular weight is 249 g/mol. The predicted molar refractivity (Wildman–Crippen MR) is 68.9 cm³/mol. The van der Waals surface area contributed by atoms with Crippen molar-refractivity contribution in [1.29, 1.82) is 0 Å². The number of hydrogen-bond acceptors (Lipinski definition) is 2. The molecule has 0 aromatic rings. The van der Waals surface area contributed by atoms with Gasteiger partial charge in [-0.1, -0.05) is 45.4 Å². The molecule has 0 fully saturated rings. The van der Waals surface area contributed by atoms with E-state index in [1.807, 2.05) is 0 Å². The van der Waals surface area contributed by atoms with Crippen molar-refractivity contribution in [2.45, 2.75) is 64.7 Å². The molecule has 0 amide bonds. The summed E-state index contributed by atoms with van der Waals surface area (Å²) in [6.45, 7) is 2.69. The minimum atomic E-state index is -0.0707. The van der Waals surface area contributed by atoms with Gasteiger partial charge in [0.05, 0.1) is 6.61 Å². The molecule has 0 N–H and O–H groups in total. The van der Waals surface area contributed by atoms with E-state index in [0.29, 0.717) is 18.9 Å². The van der Waals surface area contributed by atoms with Crippen LogP contribution in [-0.2, 0) is 9.53 Å². The van der Waals surface area contributed by atoms with E-state index in [2.05, 4.69) is 6.92 Å². The van der Waals surface area contributed by atoms with Crippen molar-refractivity contribution >= 4 is 17.6 Å². The molecule has 2 nitrogen and oxygen atoms in total. The number of carbonyl (C=O) groups is 1. The number of carbonyl (C=O) groups excluding carboxylic acids is 1. The first kappa shape index (κ1) is 15.8. The summed E-state index contributed by atoms with van der Waals surface area (Å²) in [5, 5.41) is 0. The molecule has 0 spiro atoms. The Hall–Kier alpha value is -0.240. The van der Waals surface area contributed by atoms with Gasteiger partial charge in [0.25, 0.3) is 0 Å². The fourth-order valence-corrected chi connectivity index (χ4v) is 1.65. The largest absolute Gasteiger partial charge is 0.466 e. The topological polar surface area (TPSA) is 26.3 Å². The van der Waals surface area contributed by atoms with Crippen LogP contribution in [0.2, 0.25) is 0 Å². The maximum atomic E-state index is 11.2. The van der Waals surface area contributed by atoms with Crippen molar-refractivity contribution in [3.05, 3.63) is 0 Å². The van der Waals surface area contributed by atoms with Gasteiger partial charge in [-0.05, 0) is 12.8 Å². The lowest BCUT2D eigenvalue weighted by atomic mass is 10.1. The van der Waals surface area contributed by atoms with Crippen LogP contribution in [-0.4, -0.2) is 18.5 Å². The first-order valence-corrected chi connectivity index (χ1v) is 7.06. The zero-order valence-electron chi connectivity index (χ0n) is 10.5. The van der Waals surface area contributed by atoms with E-state index < -0.39 is 0 Å². The highest BCUT2D eigenvalue weighted by molar-refractivity contribution is 6.17. The lowest BCUT2D eigenvalue weighted by Crippen LogP contribution is -2.05. The Bertz CT molecular complexity index is 160. The molecule has 0 saturated carbocycles. The van der Waals surface area contributed by atoms with Crippen LogP contribution in [0.25, 0.3) is 0 Å². The van der Waals surface area contributed by atoms with E-state index in [1.54, 1.807) is 0 Å². The summed E-state index contributed by atoms with van der Waals surface area (Å²) in [6.07, 6.45) is 9.93. The number of unbranched alkanes of at least 4 members (excludes halogenated alkanes) is 6. The van der Waals surface area contributed by atoms with Crippen LogP contribution in [0.4, 0.5) is 0 Å². The zero-order chi connectivity index (χ0) is 12.1. The zero-order valence-corrected chi connectivity index (χ0v) is 11.2. The molecule has 0 saturated heterocycles. The minimum absolute atomic E-state index is 0.0707. The summed E-state index contributed by atoms with van der Waals surface area (Å²) in [6, 6.07) is 0. The second-order valence-electron chi connectivity index (χ2n) is 4.13. The van der Waals surface area contributed by atoms with Gasteiger partial charge in [-0.2, -0.15) is 0 Å². The van der Waals surface area contributed by atoms with E-state index in [4.69, 9.17) is 16.3 Å². The molecule has 96 valence electrons. The van der Waals surface area contributed by atoms with Gasteiger partial charge in [0.1, 0.15) is 0 Å². The number of ether oxygens (including phenoxy) is 1. The molecule has 3 heteroatoms. The van der Waals surface area contributed by atoms with Crippen LogP contribution in [0.15, 0.2) is 0 Å². The molecule has 0 rings (SSSR count). The van der Waals surface area contributed by atoms with Gasteiger partial charge >= 0.3 is 5.97 Å². The average Bonchev–Trinajstić information content (AvgIpc) is 2.28. The van der Waals surface area contributed by atoms with Gasteiger partial charge in [0.2, 0.25) is 0 Å². The summed E-state index contributed by atoms with van der Waals surface area (Å²) in [5.74, 6) is 0.490. The van der Waals surface area contributed by atoms with Gasteiger partial charge in [-0.3, -0.25) is 4.79 Å². The third kappa shape index (κ3) is 11.8. The summed E-state index contributed by atoms with van der Waals surface area (Å²) < 4.78 is 5.00. The SMILES string of the molecule is CCCCCCCCCC(=O)OCCCCl. The molecule has 0 aliphatic carbocycles. The number of halogens is 1. The number of alkyl halides is 1. The molecule has 0 unspecified atom stereocenters. The van der Waals surface area contributed by atoms with Crippen molar-refractivity contribution in [2.24, 2.45) is 0 Å². The molecule has 0 atom stereocenters. The Labute approximate surface area is 105 Å². The summed E-state index contributed by atoms with van der Waals surface area (Å²) in [7, 11) is 0. The van der Waals surface area contributed by atoms with Crippen LogP contribution in [0.5, 0.6) is 0 Å². The number of rotatable bonds is 11. The Balaban J connectivity index is 3.09.